The van der Waals surface area contributed by atoms with Gasteiger partial charge in [-0.15, -0.1) is 0 Å². The van der Waals surface area contributed by atoms with Crippen LogP contribution >= 0.6 is 0 Å². The van der Waals surface area contributed by atoms with Crippen molar-refractivity contribution in [1.29, 1.82) is 0 Å². The van der Waals surface area contributed by atoms with Gasteiger partial charge in [-0.3, -0.25) is 4.79 Å². The number of carbonyl (C=O) groups excluding carboxylic acids is 1. The molecular formula is C20H27NO. The van der Waals surface area contributed by atoms with E-state index in [0.717, 1.165) is 18.4 Å². The number of carbonyl (C=O) groups is 1. The summed E-state index contributed by atoms with van der Waals surface area (Å²) < 4.78 is 0. The quantitative estimate of drug-likeness (QED) is 0.513. The molecule has 2 heteroatoms. The summed E-state index contributed by atoms with van der Waals surface area (Å²) in [7, 11) is 0. The maximum absolute atomic E-state index is 12.3. The fraction of sp³-hybridized carbons (Fsp3) is 0.350. The van der Waals surface area contributed by atoms with Crippen LogP contribution in [0.3, 0.4) is 0 Å². The molecule has 1 amide bonds. The van der Waals surface area contributed by atoms with E-state index in [1.54, 1.807) is 24.3 Å². The molecule has 0 radical (unpaired) electrons. The highest BCUT2D eigenvalue weighted by molar-refractivity contribution is 5.96. The summed E-state index contributed by atoms with van der Waals surface area (Å²) in [5, 5.41) is 3.05. The fourth-order valence-electron chi connectivity index (χ4n) is 3.10. The Morgan fingerprint density at radius 3 is 2.09 bits per heavy atom. The Hall–Kier alpha value is -2.09. The van der Waals surface area contributed by atoms with E-state index in [-0.39, 0.29) is 11.3 Å². The predicted molar refractivity (Wildman–Crippen MR) is 95.5 cm³/mol. The average Bonchev–Trinajstić information content (AvgIpc) is 2.56. The van der Waals surface area contributed by atoms with E-state index in [1.165, 1.54) is 19.3 Å². The number of allylic oxidation sites excluding steroid dienone is 5. The van der Waals surface area contributed by atoms with Crippen molar-refractivity contribution in [3.05, 3.63) is 73.9 Å². The first-order chi connectivity index (χ1) is 10.6. The molecule has 0 aliphatic heterocycles. The minimum atomic E-state index is -0.109. The molecular weight excluding hydrogens is 270 g/mol. The van der Waals surface area contributed by atoms with Crippen molar-refractivity contribution < 1.29 is 4.79 Å². The number of hydrogen-bond donors (Lipinski definition) is 1. The molecule has 118 valence electrons. The van der Waals surface area contributed by atoms with Crippen LogP contribution in [0.15, 0.2) is 73.9 Å². The highest BCUT2D eigenvalue weighted by Crippen LogP contribution is 2.42. The Bertz CT molecular complexity index is 502. The molecule has 0 atom stereocenters. The molecule has 0 aromatic rings. The van der Waals surface area contributed by atoms with Crippen molar-refractivity contribution in [2.75, 3.05) is 6.54 Å². The number of nitrogens with one attached hydrogen (secondary N) is 1. The maximum atomic E-state index is 12.3. The molecule has 1 rings (SSSR count). The Kier molecular flexibility index (Phi) is 7.38. The third-order valence-electron chi connectivity index (χ3n) is 4.31. The largest absolute Gasteiger partial charge is 0.351 e. The molecule has 1 saturated carbocycles. The number of amides is 1. The van der Waals surface area contributed by atoms with Crippen molar-refractivity contribution in [3.63, 3.8) is 0 Å². The van der Waals surface area contributed by atoms with Crippen LogP contribution in [-0.2, 0) is 4.79 Å². The lowest BCUT2D eigenvalue weighted by molar-refractivity contribution is -0.117. The van der Waals surface area contributed by atoms with Crippen LogP contribution in [0, 0.1) is 5.41 Å². The van der Waals surface area contributed by atoms with Gasteiger partial charge in [-0.25, -0.2) is 0 Å². The summed E-state index contributed by atoms with van der Waals surface area (Å²) in [6.07, 6.45) is 16.3. The molecule has 0 aromatic heterocycles. The second-order valence-electron chi connectivity index (χ2n) is 5.65. The third-order valence-corrected chi connectivity index (χ3v) is 4.31. The van der Waals surface area contributed by atoms with Gasteiger partial charge < -0.3 is 5.32 Å². The molecule has 1 N–H and O–H groups in total. The minimum Gasteiger partial charge on any atom is -0.351 e. The molecule has 22 heavy (non-hydrogen) atoms. The smallest absolute Gasteiger partial charge is 0.251 e. The van der Waals surface area contributed by atoms with Crippen LogP contribution < -0.4 is 5.32 Å². The van der Waals surface area contributed by atoms with Gasteiger partial charge in [0.15, 0.2) is 0 Å². The van der Waals surface area contributed by atoms with Gasteiger partial charge in [0.05, 0.1) is 0 Å². The van der Waals surface area contributed by atoms with Crippen LogP contribution in [0.5, 0.6) is 0 Å². The Morgan fingerprint density at radius 1 is 0.955 bits per heavy atom. The first-order valence-electron chi connectivity index (χ1n) is 7.82. The van der Waals surface area contributed by atoms with Crippen LogP contribution in [0.4, 0.5) is 0 Å². The van der Waals surface area contributed by atoms with Gasteiger partial charge in [0.25, 0.3) is 5.91 Å². The molecule has 1 aliphatic carbocycles. The summed E-state index contributed by atoms with van der Waals surface area (Å²) in [6, 6.07) is 0. The normalized spacial score (nSPS) is 18.2. The number of hydrogen-bond acceptors (Lipinski definition) is 1. The van der Waals surface area contributed by atoms with Gasteiger partial charge in [-0.05, 0) is 18.4 Å². The Labute approximate surface area is 134 Å². The standard InChI is InChI=1S/C20H27NO/c1-5-12-17(7-3)19(22)21-16-20(14-10-9-11-15-20)18(8-4)13-6-2/h5-8,12-13H,1-4,9-11,14-16H2,(H,21,22)/b17-12+,18-13+. The molecule has 2 nitrogen and oxygen atoms in total. The minimum absolute atomic E-state index is 0.0374. The van der Waals surface area contributed by atoms with E-state index in [4.69, 9.17) is 0 Å². The van der Waals surface area contributed by atoms with Crippen molar-refractivity contribution in [3.8, 4) is 0 Å². The molecule has 0 unspecified atom stereocenters. The van der Waals surface area contributed by atoms with E-state index in [0.29, 0.717) is 12.1 Å². The van der Waals surface area contributed by atoms with E-state index in [9.17, 15) is 4.79 Å². The maximum Gasteiger partial charge on any atom is 0.251 e. The Balaban J connectivity index is 2.93. The second kappa shape index (κ2) is 9.04. The van der Waals surface area contributed by atoms with Gasteiger partial charge in [0, 0.05) is 17.5 Å². The highest BCUT2D eigenvalue weighted by Gasteiger charge is 2.34. The molecule has 0 spiro atoms. The van der Waals surface area contributed by atoms with Crippen LogP contribution in [0.25, 0.3) is 0 Å². The second-order valence-corrected chi connectivity index (χ2v) is 5.65. The van der Waals surface area contributed by atoms with Gasteiger partial charge in [-0.2, -0.15) is 0 Å². The van der Waals surface area contributed by atoms with E-state index >= 15 is 0 Å². The molecule has 0 heterocycles. The van der Waals surface area contributed by atoms with E-state index in [1.807, 2.05) is 12.2 Å². The Morgan fingerprint density at radius 2 is 1.59 bits per heavy atom. The van der Waals surface area contributed by atoms with Crippen LogP contribution in [0.1, 0.15) is 32.1 Å². The van der Waals surface area contributed by atoms with Crippen LogP contribution in [0.2, 0.25) is 0 Å². The van der Waals surface area contributed by atoms with Gasteiger partial charge in [0.2, 0.25) is 0 Å². The first kappa shape index (κ1) is 18.0. The third kappa shape index (κ3) is 4.45. The lowest BCUT2D eigenvalue weighted by atomic mass is 9.68. The summed E-state index contributed by atoms with van der Waals surface area (Å²) >= 11 is 0. The molecule has 0 bridgehead atoms. The SMILES string of the molecule is C=C/C=C(\C=C)C(=O)NCC1(/C(C=C)=C/C=C)CCCCC1. The predicted octanol–water partition coefficient (Wildman–Crippen LogP) is 4.65. The topological polar surface area (TPSA) is 29.1 Å². The summed E-state index contributed by atoms with van der Waals surface area (Å²) in [4.78, 5) is 12.3. The van der Waals surface area contributed by atoms with Gasteiger partial charge in [0.1, 0.15) is 0 Å². The summed E-state index contributed by atoms with van der Waals surface area (Å²) in [5.74, 6) is -0.109. The zero-order chi connectivity index (χ0) is 16.4. The van der Waals surface area contributed by atoms with Gasteiger partial charge in [-0.1, -0.05) is 82.0 Å². The lowest BCUT2D eigenvalue weighted by Crippen LogP contribution is -2.40. The molecule has 0 saturated heterocycles. The van der Waals surface area contributed by atoms with Crippen molar-refractivity contribution in [2.24, 2.45) is 5.41 Å². The van der Waals surface area contributed by atoms with Crippen molar-refractivity contribution in [1.82, 2.24) is 5.32 Å². The van der Waals surface area contributed by atoms with Crippen molar-refractivity contribution in [2.45, 2.75) is 32.1 Å². The first-order valence-corrected chi connectivity index (χ1v) is 7.82. The van der Waals surface area contributed by atoms with Crippen molar-refractivity contribution >= 4 is 5.91 Å². The van der Waals surface area contributed by atoms with E-state index in [2.05, 4.69) is 31.6 Å². The summed E-state index contributed by atoms with van der Waals surface area (Å²) in [5.41, 5.74) is 1.66. The monoisotopic (exact) mass is 297 g/mol. The molecule has 1 fully saturated rings. The van der Waals surface area contributed by atoms with Gasteiger partial charge >= 0.3 is 0 Å². The fourth-order valence-corrected chi connectivity index (χ4v) is 3.10. The average molecular weight is 297 g/mol. The highest BCUT2D eigenvalue weighted by atomic mass is 16.1. The molecule has 1 aliphatic rings. The summed E-state index contributed by atoms with van der Waals surface area (Å²) in [6.45, 7) is 15.6. The lowest BCUT2D eigenvalue weighted by Gasteiger charge is -2.39. The van der Waals surface area contributed by atoms with Crippen LogP contribution in [-0.4, -0.2) is 12.5 Å². The zero-order valence-corrected chi connectivity index (χ0v) is 13.4. The zero-order valence-electron chi connectivity index (χ0n) is 13.4. The number of rotatable bonds is 8. The molecule has 0 aromatic carbocycles. The van der Waals surface area contributed by atoms with E-state index < -0.39 is 0 Å².